The number of pyridine rings is 1. The predicted molar refractivity (Wildman–Crippen MR) is 265 cm³/mol. The summed E-state index contributed by atoms with van der Waals surface area (Å²) >= 11 is 6.28. The van der Waals surface area contributed by atoms with E-state index in [-0.39, 0.29) is 47.3 Å². The van der Waals surface area contributed by atoms with Gasteiger partial charge < -0.3 is 34.3 Å². The van der Waals surface area contributed by atoms with Gasteiger partial charge in [-0.3, -0.25) is 24.7 Å². The highest BCUT2D eigenvalue weighted by Gasteiger charge is 2.41. The van der Waals surface area contributed by atoms with Crippen LogP contribution in [0.25, 0.3) is 16.6 Å². The standard InChI is InChI=1S/C50H56ClN9O8S/c1-30-24-59(44-18-32-11-13-52-47(32)54-49(44)68-30)42-20-36(57-16-14-56(15-17-57)25-33-10-12-50(2,3)23-41(33)31-4-6-34(51)7-5-31)8-9-40(42)48(61)55-69(64,65)39-21-43(60(62)63)46-45(22-39)67-28-35(53-46)26-58-27-38-19-37(58)29-66-38/h4-9,11,13,18,20-22,30,35,37-38,53H,10,12,14-17,19,23-29H2,1-3H3,(H,52,54)(H,55,61)/t30-,35-,37+,38+/m1/s1. The second-order valence-corrected chi connectivity index (χ2v) is 22.2. The Bertz CT molecular complexity index is 2990. The first-order chi connectivity index (χ1) is 33.1. The number of aromatic nitrogens is 2. The summed E-state index contributed by atoms with van der Waals surface area (Å²) in [6.45, 7) is 13.1. The molecule has 5 aliphatic heterocycles. The number of morpholine rings is 1. The molecule has 11 rings (SSSR count). The van der Waals surface area contributed by atoms with Gasteiger partial charge in [0.25, 0.3) is 21.6 Å². The zero-order valence-electron chi connectivity index (χ0n) is 38.9. The number of ether oxygens (including phenoxy) is 3. The van der Waals surface area contributed by atoms with Crippen molar-refractivity contribution in [2.24, 2.45) is 5.41 Å². The van der Waals surface area contributed by atoms with E-state index in [4.69, 9.17) is 30.8 Å². The Morgan fingerprint density at radius 1 is 1.01 bits per heavy atom. The molecule has 3 fully saturated rings. The second-order valence-electron chi connectivity index (χ2n) is 20.1. The number of anilines is 4. The van der Waals surface area contributed by atoms with Crippen LogP contribution in [0.15, 0.2) is 83.4 Å². The van der Waals surface area contributed by atoms with E-state index < -0.39 is 31.4 Å². The topological polar surface area (TPSA) is 188 Å². The molecule has 1 aliphatic carbocycles. The minimum absolute atomic E-state index is 0.0218. The number of carbonyl (C=O) groups excluding carboxylic acids is 1. The number of likely N-dealkylation sites (tertiary alicyclic amines) is 1. The molecular formula is C50H56ClN9O8S. The Morgan fingerprint density at radius 3 is 2.58 bits per heavy atom. The largest absolute Gasteiger partial charge is 0.489 e. The number of nitro benzene ring substituents is 1. The van der Waals surface area contributed by atoms with Crippen molar-refractivity contribution in [1.29, 1.82) is 0 Å². The van der Waals surface area contributed by atoms with Crippen LogP contribution in [0.4, 0.5) is 28.4 Å². The number of aromatic amines is 1. The normalized spacial score (nSPS) is 23.5. The molecule has 7 heterocycles. The van der Waals surface area contributed by atoms with Crippen LogP contribution in [0.5, 0.6) is 11.6 Å². The third-order valence-corrected chi connectivity index (χ3v) is 16.2. The highest BCUT2D eigenvalue weighted by Crippen LogP contribution is 2.45. The van der Waals surface area contributed by atoms with E-state index in [0.29, 0.717) is 48.6 Å². The van der Waals surface area contributed by atoms with Gasteiger partial charge in [-0.15, -0.1) is 0 Å². The van der Waals surface area contributed by atoms with Crippen molar-refractivity contribution in [2.45, 2.75) is 75.6 Å². The molecule has 3 saturated heterocycles. The van der Waals surface area contributed by atoms with E-state index in [0.717, 1.165) is 87.1 Å². The smallest absolute Gasteiger partial charge is 0.297 e. The van der Waals surface area contributed by atoms with E-state index in [1.165, 1.54) is 22.8 Å². The Balaban J connectivity index is 0.867. The zero-order valence-corrected chi connectivity index (χ0v) is 40.4. The number of H-pyrrole nitrogens is 1. The van der Waals surface area contributed by atoms with E-state index in [9.17, 15) is 23.3 Å². The number of allylic oxidation sites excluding steroid dienone is 1. The number of nitrogens with one attached hydrogen (secondary N) is 3. The summed E-state index contributed by atoms with van der Waals surface area (Å²) in [5.74, 6) is -0.505. The molecule has 6 aliphatic rings. The fraction of sp³-hybridized carbons (Fsp3) is 0.440. The van der Waals surface area contributed by atoms with Gasteiger partial charge in [0.05, 0.1) is 46.4 Å². The maximum atomic E-state index is 14.5. The van der Waals surface area contributed by atoms with Gasteiger partial charge in [-0.25, -0.2) is 13.1 Å². The molecule has 0 radical (unpaired) electrons. The van der Waals surface area contributed by atoms with Crippen molar-refractivity contribution in [3.8, 4) is 11.6 Å². The summed E-state index contributed by atoms with van der Waals surface area (Å²) in [5.41, 5.74) is 6.67. The zero-order chi connectivity index (χ0) is 47.8. The Labute approximate surface area is 405 Å². The number of rotatable bonds is 11. The monoisotopic (exact) mass is 977 g/mol. The minimum atomic E-state index is -4.67. The van der Waals surface area contributed by atoms with Crippen LogP contribution in [-0.2, 0) is 14.8 Å². The van der Waals surface area contributed by atoms with Crippen LogP contribution in [0.1, 0.15) is 62.4 Å². The quantitative estimate of drug-likeness (QED) is 0.0868. The molecule has 5 aromatic rings. The first-order valence-corrected chi connectivity index (χ1v) is 25.6. The van der Waals surface area contributed by atoms with Crippen molar-refractivity contribution < 1.29 is 32.3 Å². The van der Waals surface area contributed by atoms with E-state index in [1.54, 1.807) is 12.3 Å². The van der Waals surface area contributed by atoms with Crippen molar-refractivity contribution >= 4 is 72.6 Å². The lowest BCUT2D eigenvalue weighted by Crippen LogP contribution is -2.47. The number of carbonyl (C=O) groups is 1. The second kappa shape index (κ2) is 17.8. The number of hydrogen-bond acceptors (Lipinski definition) is 14. The fourth-order valence-electron chi connectivity index (χ4n) is 11.0. The molecule has 2 aromatic heterocycles. The fourth-order valence-corrected chi connectivity index (χ4v) is 12.1. The Morgan fingerprint density at radius 2 is 1.83 bits per heavy atom. The van der Waals surface area contributed by atoms with Gasteiger partial charge in [-0.2, -0.15) is 4.98 Å². The molecule has 1 amide bonds. The number of piperazine rings is 1. The van der Waals surface area contributed by atoms with Crippen molar-refractivity contribution in [3.63, 3.8) is 0 Å². The maximum absolute atomic E-state index is 14.5. The lowest BCUT2D eigenvalue weighted by molar-refractivity contribution is -0.384. The number of halogens is 1. The van der Waals surface area contributed by atoms with Gasteiger partial charge in [0, 0.05) is 86.3 Å². The molecule has 3 aromatic carbocycles. The molecule has 3 N–H and O–H groups in total. The minimum Gasteiger partial charge on any atom is -0.489 e. The van der Waals surface area contributed by atoms with E-state index in [1.807, 2.05) is 48.2 Å². The molecule has 0 saturated carbocycles. The molecule has 0 spiro atoms. The van der Waals surface area contributed by atoms with Gasteiger partial charge in [-0.05, 0) is 91.6 Å². The lowest BCUT2D eigenvalue weighted by atomic mass is 9.72. The summed E-state index contributed by atoms with van der Waals surface area (Å²) in [6.07, 6.45) is 5.79. The van der Waals surface area contributed by atoms with Crippen molar-refractivity contribution in [1.82, 2.24) is 24.5 Å². The number of hydrogen-bond donors (Lipinski definition) is 3. The molecule has 0 unspecified atom stereocenters. The molecule has 69 heavy (non-hydrogen) atoms. The van der Waals surface area contributed by atoms with Crippen LogP contribution >= 0.6 is 11.6 Å². The molecule has 2 bridgehead atoms. The van der Waals surface area contributed by atoms with E-state index in [2.05, 4.69) is 55.7 Å². The number of nitrogens with zero attached hydrogens (tertiary/aromatic N) is 6. The number of nitro groups is 1. The number of sulfonamides is 1. The maximum Gasteiger partial charge on any atom is 0.297 e. The Kier molecular flexibility index (Phi) is 11.7. The van der Waals surface area contributed by atoms with Crippen LogP contribution in [0, 0.1) is 15.5 Å². The average molecular weight is 979 g/mol. The summed E-state index contributed by atoms with van der Waals surface area (Å²) in [5, 5.41) is 17.3. The summed E-state index contributed by atoms with van der Waals surface area (Å²) in [4.78, 5) is 42.9. The first-order valence-electron chi connectivity index (χ1n) is 23.8. The third kappa shape index (κ3) is 9.08. The predicted octanol–water partition coefficient (Wildman–Crippen LogP) is 7.59. The highest BCUT2D eigenvalue weighted by molar-refractivity contribution is 7.90. The third-order valence-electron chi connectivity index (χ3n) is 14.6. The van der Waals surface area contributed by atoms with Gasteiger partial charge in [-0.1, -0.05) is 43.2 Å². The number of benzene rings is 3. The van der Waals surface area contributed by atoms with Crippen molar-refractivity contribution in [3.05, 3.63) is 105 Å². The summed E-state index contributed by atoms with van der Waals surface area (Å²) < 4.78 is 48.7. The SMILES string of the molecule is C[C@@H]1CN(c2cc(N3CCN(CC4=C(c5ccc(Cl)cc5)CC(C)(C)CC4)CC3)ccc2C(=O)NS(=O)(=O)c2cc3c(c([N+](=O)[O-])c2)N[C@H](CN2C[C@@H]4C[C@H]2CO4)CO3)c2cc3cc[nH]c3nc2O1. The van der Waals surface area contributed by atoms with Crippen LogP contribution in [-0.4, -0.2) is 129 Å². The first kappa shape index (κ1) is 45.5. The lowest BCUT2D eigenvalue weighted by Gasteiger charge is -2.40. The van der Waals surface area contributed by atoms with Gasteiger partial charge in [0.1, 0.15) is 24.0 Å². The molecule has 4 atom stereocenters. The number of amides is 1. The average Bonchev–Trinajstić information content (AvgIpc) is 4.09. The molecule has 17 nitrogen and oxygen atoms in total. The van der Waals surface area contributed by atoms with Crippen LogP contribution in [0.2, 0.25) is 5.02 Å². The van der Waals surface area contributed by atoms with Crippen molar-refractivity contribution in [2.75, 3.05) is 80.7 Å². The Hall–Kier alpha value is -5.92. The highest BCUT2D eigenvalue weighted by atomic mass is 35.5. The molecule has 19 heteroatoms. The van der Waals surface area contributed by atoms with Crippen LogP contribution in [0.3, 0.4) is 0 Å². The number of fused-ring (bicyclic) bond motifs is 5. The van der Waals surface area contributed by atoms with Gasteiger partial charge >= 0.3 is 0 Å². The van der Waals surface area contributed by atoms with Gasteiger partial charge in [0.15, 0.2) is 11.4 Å². The van der Waals surface area contributed by atoms with Crippen LogP contribution < -0.4 is 29.3 Å². The summed E-state index contributed by atoms with van der Waals surface area (Å²) in [6, 6.07) is 19.7. The van der Waals surface area contributed by atoms with Gasteiger partial charge in [0.2, 0.25) is 5.88 Å². The summed E-state index contributed by atoms with van der Waals surface area (Å²) in [7, 11) is -4.67. The molecule has 362 valence electrons. The molecular weight excluding hydrogens is 922 g/mol. The van der Waals surface area contributed by atoms with E-state index >= 15 is 0 Å².